The molecule has 0 spiro atoms. The van der Waals surface area contributed by atoms with Crippen LogP contribution in [0.25, 0.3) is 11.0 Å². The maximum absolute atomic E-state index is 12.5. The molecule has 0 unspecified atom stereocenters. The third-order valence-electron chi connectivity index (χ3n) is 1.89. The van der Waals surface area contributed by atoms with Crippen molar-refractivity contribution in [3.8, 4) is 0 Å². The van der Waals surface area contributed by atoms with E-state index < -0.39 is 17.4 Å². The fraction of sp³-hybridized carbons (Fsp3) is 0.100. The Morgan fingerprint density at radius 2 is 2.07 bits per heavy atom. The molecule has 0 saturated carbocycles. The Bertz CT molecular complexity index is 554. The van der Waals surface area contributed by atoms with Gasteiger partial charge in [0.1, 0.15) is 5.58 Å². The van der Waals surface area contributed by atoms with Crippen LogP contribution in [0.2, 0.25) is 0 Å². The Kier molecular flexibility index (Phi) is 2.03. The Balaban J connectivity index is 2.89. The smallest absolute Gasteiger partial charge is 0.417 e. The molecule has 1 radical (unpaired) electrons. The molecule has 0 aliphatic rings. The van der Waals surface area contributed by atoms with E-state index in [4.69, 9.17) is 0 Å². The van der Waals surface area contributed by atoms with Crippen LogP contribution in [0, 0.1) is 6.07 Å². The van der Waals surface area contributed by atoms with Gasteiger partial charge in [-0.2, -0.15) is 13.2 Å². The quantitative estimate of drug-likeness (QED) is 0.629. The van der Waals surface area contributed by atoms with Crippen LogP contribution in [-0.4, -0.2) is 0 Å². The number of halogens is 3. The lowest BCUT2D eigenvalue weighted by Gasteiger charge is -2.08. The Morgan fingerprint density at radius 1 is 1.33 bits per heavy atom. The lowest BCUT2D eigenvalue weighted by atomic mass is 10.1. The van der Waals surface area contributed by atoms with Crippen molar-refractivity contribution in [3.05, 3.63) is 46.3 Å². The zero-order chi connectivity index (χ0) is 11.1. The summed E-state index contributed by atoms with van der Waals surface area (Å²) in [5, 5.41) is -0.138. The molecule has 0 saturated heterocycles. The van der Waals surface area contributed by atoms with E-state index >= 15 is 0 Å². The van der Waals surface area contributed by atoms with E-state index in [0.717, 1.165) is 0 Å². The topological polar surface area (TPSA) is 30.2 Å². The highest BCUT2D eigenvalue weighted by atomic mass is 19.4. The summed E-state index contributed by atoms with van der Waals surface area (Å²) in [4.78, 5) is 10.9. The highest BCUT2D eigenvalue weighted by Gasteiger charge is 2.33. The molecule has 0 amide bonds. The van der Waals surface area contributed by atoms with Crippen molar-refractivity contribution in [3.63, 3.8) is 0 Å². The fourth-order valence-corrected chi connectivity index (χ4v) is 1.29. The summed E-state index contributed by atoms with van der Waals surface area (Å²) in [7, 11) is 0. The molecule has 1 heterocycles. The van der Waals surface area contributed by atoms with Crippen LogP contribution in [0.1, 0.15) is 5.56 Å². The van der Waals surface area contributed by atoms with Crippen LogP contribution in [0.5, 0.6) is 0 Å². The summed E-state index contributed by atoms with van der Waals surface area (Å²) >= 11 is 0. The van der Waals surface area contributed by atoms with Gasteiger partial charge in [0, 0.05) is 11.5 Å². The van der Waals surface area contributed by atoms with Gasteiger partial charge < -0.3 is 4.42 Å². The predicted molar refractivity (Wildman–Crippen MR) is 46.3 cm³/mol. The van der Waals surface area contributed by atoms with E-state index in [1.807, 2.05) is 0 Å². The van der Waals surface area contributed by atoms with Crippen molar-refractivity contribution >= 4 is 11.0 Å². The molecule has 0 fully saturated rings. The minimum absolute atomic E-state index is 0.114. The van der Waals surface area contributed by atoms with Crippen LogP contribution in [-0.2, 0) is 6.18 Å². The van der Waals surface area contributed by atoms with Gasteiger partial charge in [-0.15, -0.1) is 0 Å². The van der Waals surface area contributed by atoms with Gasteiger partial charge in [-0.05, 0) is 18.2 Å². The highest BCUT2D eigenvalue weighted by molar-refractivity contribution is 5.80. The first-order valence-corrected chi connectivity index (χ1v) is 3.99. The maximum atomic E-state index is 12.5. The van der Waals surface area contributed by atoms with Crippen LogP contribution < -0.4 is 5.63 Å². The second-order valence-corrected chi connectivity index (χ2v) is 2.90. The average Bonchev–Trinajstić information content (AvgIpc) is 2.15. The minimum Gasteiger partial charge on any atom is -0.423 e. The first kappa shape index (κ1) is 9.76. The Morgan fingerprint density at radius 3 is 2.73 bits per heavy atom. The van der Waals surface area contributed by atoms with Gasteiger partial charge >= 0.3 is 11.8 Å². The van der Waals surface area contributed by atoms with E-state index in [-0.39, 0.29) is 11.0 Å². The lowest BCUT2D eigenvalue weighted by Crippen LogP contribution is -2.10. The number of alkyl halides is 3. The van der Waals surface area contributed by atoms with E-state index in [1.165, 1.54) is 18.2 Å². The normalized spacial score (nSPS) is 11.9. The zero-order valence-electron chi connectivity index (χ0n) is 7.26. The van der Waals surface area contributed by atoms with Crippen molar-refractivity contribution in [1.29, 1.82) is 0 Å². The number of fused-ring (bicyclic) bond motifs is 1. The SMILES string of the molecule is O=c1cc(C(F)(F)F)c2cc[c]cc2o1. The molecule has 2 aromatic rings. The number of rotatable bonds is 0. The molecule has 1 aromatic heterocycles. The molecule has 1 aromatic carbocycles. The molecule has 5 heteroatoms. The zero-order valence-corrected chi connectivity index (χ0v) is 7.26. The Labute approximate surface area is 81.9 Å². The van der Waals surface area contributed by atoms with Crippen molar-refractivity contribution in [2.24, 2.45) is 0 Å². The molecule has 15 heavy (non-hydrogen) atoms. The first-order chi connectivity index (χ1) is 6.98. The highest BCUT2D eigenvalue weighted by Crippen LogP contribution is 2.33. The number of benzene rings is 1. The van der Waals surface area contributed by atoms with Gasteiger partial charge in [0.25, 0.3) is 0 Å². The largest absolute Gasteiger partial charge is 0.423 e. The summed E-state index contributed by atoms with van der Waals surface area (Å²) in [6, 6.07) is 6.73. The van der Waals surface area contributed by atoms with Gasteiger partial charge in [-0.3, -0.25) is 0 Å². The molecule has 0 atom stereocenters. The van der Waals surface area contributed by atoms with Crippen LogP contribution in [0.4, 0.5) is 13.2 Å². The van der Waals surface area contributed by atoms with E-state index in [2.05, 4.69) is 10.5 Å². The van der Waals surface area contributed by atoms with Crippen molar-refractivity contribution < 1.29 is 17.6 Å². The summed E-state index contributed by atoms with van der Waals surface area (Å²) in [6.07, 6.45) is -4.56. The summed E-state index contributed by atoms with van der Waals surface area (Å²) in [5.74, 6) is 0. The molecule has 0 N–H and O–H groups in total. The van der Waals surface area contributed by atoms with Crippen molar-refractivity contribution in [2.75, 3.05) is 0 Å². The number of hydrogen-bond donors (Lipinski definition) is 0. The maximum Gasteiger partial charge on any atom is 0.417 e. The Hall–Kier alpha value is -1.78. The molecule has 0 aliphatic carbocycles. The van der Waals surface area contributed by atoms with Crippen LogP contribution in [0.15, 0.2) is 33.5 Å². The molecule has 0 aliphatic heterocycles. The van der Waals surface area contributed by atoms with E-state index in [0.29, 0.717) is 6.07 Å². The molecule has 2 nitrogen and oxygen atoms in total. The molecular formula is C10H4F3O2. The van der Waals surface area contributed by atoms with Crippen molar-refractivity contribution in [2.45, 2.75) is 6.18 Å². The van der Waals surface area contributed by atoms with Gasteiger partial charge in [0.15, 0.2) is 0 Å². The van der Waals surface area contributed by atoms with E-state index in [9.17, 15) is 18.0 Å². The summed E-state index contributed by atoms with van der Waals surface area (Å²) in [6.45, 7) is 0. The van der Waals surface area contributed by atoms with Gasteiger partial charge in [-0.25, -0.2) is 4.79 Å². The lowest BCUT2D eigenvalue weighted by molar-refractivity contribution is -0.136. The first-order valence-electron chi connectivity index (χ1n) is 3.99. The van der Waals surface area contributed by atoms with Crippen LogP contribution in [0.3, 0.4) is 0 Å². The van der Waals surface area contributed by atoms with Crippen molar-refractivity contribution in [1.82, 2.24) is 0 Å². The second-order valence-electron chi connectivity index (χ2n) is 2.90. The third-order valence-corrected chi connectivity index (χ3v) is 1.89. The standard InChI is InChI=1S/C10H4F3O2/c11-10(12,13)7-5-9(14)15-8-4-2-1-3-6(7)8/h1,3-5H. The van der Waals surface area contributed by atoms with Gasteiger partial charge in [0.05, 0.1) is 5.56 Å². The number of hydrogen-bond acceptors (Lipinski definition) is 2. The summed E-state index contributed by atoms with van der Waals surface area (Å²) < 4.78 is 42.1. The molecule has 77 valence electrons. The molecule has 2 rings (SSSR count). The van der Waals surface area contributed by atoms with Gasteiger partial charge in [0.2, 0.25) is 0 Å². The average molecular weight is 213 g/mol. The second kappa shape index (κ2) is 3.12. The summed E-state index contributed by atoms with van der Waals surface area (Å²) in [5.41, 5.74) is -2.12. The molecule has 0 bridgehead atoms. The van der Waals surface area contributed by atoms with Gasteiger partial charge in [-0.1, -0.05) is 6.07 Å². The minimum atomic E-state index is -4.56. The fourth-order valence-electron chi connectivity index (χ4n) is 1.29. The van der Waals surface area contributed by atoms with E-state index in [1.54, 1.807) is 0 Å². The van der Waals surface area contributed by atoms with Crippen LogP contribution >= 0.6 is 0 Å². The predicted octanol–water partition coefficient (Wildman–Crippen LogP) is 2.61. The molecular weight excluding hydrogens is 209 g/mol. The monoisotopic (exact) mass is 213 g/mol. The third kappa shape index (κ3) is 1.72.